The average Bonchev–Trinajstić information content (AvgIpc) is 2.97. The van der Waals surface area contributed by atoms with Crippen LogP contribution in [0.3, 0.4) is 0 Å². The molecule has 0 radical (unpaired) electrons. The summed E-state index contributed by atoms with van der Waals surface area (Å²) in [6.07, 6.45) is 4.70. The monoisotopic (exact) mass is 370 g/mol. The molecule has 2 aliphatic heterocycles. The van der Waals surface area contributed by atoms with Crippen molar-refractivity contribution in [2.24, 2.45) is 11.8 Å². The molecule has 1 saturated heterocycles. The lowest BCUT2D eigenvalue weighted by Crippen LogP contribution is -2.59. The fourth-order valence-electron chi connectivity index (χ4n) is 5.24. The second-order valence-corrected chi connectivity index (χ2v) is 8.86. The third-order valence-corrected chi connectivity index (χ3v) is 6.81. The summed E-state index contributed by atoms with van der Waals surface area (Å²) in [5.74, 6) is 0.216. The van der Waals surface area contributed by atoms with Crippen LogP contribution in [0.25, 0.3) is 0 Å². The zero-order chi connectivity index (χ0) is 19.2. The highest BCUT2D eigenvalue weighted by molar-refractivity contribution is 6.01. The van der Waals surface area contributed by atoms with E-state index in [0.29, 0.717) is 26.1 Å². The van der Waals surface area contributed by atoms with E-state index in [1.54, 1.807) is 4.90 Å². The Hall–Kier alpha value is -1.88. The first-order chi connectivity index (χ1) is 12.9. The Morgan fingerprint density at radius 2 is 2.00 bits per heavy atom. The Morgan fingerprint density at radius 3 is 2.74 bits per heavy atom. The van der Waals surface area contributed by atoms with Crippen LogP contribution in [0.5, 0.6) is 0 Å². The van der Waals surface area contributed by atoms with Gasteiger partial charge in [-0.15, -0.1) is 0 Å². The van der Waals surface area contributed by atoms with Crippen molar-refractivity contribution in [3.63, 3.8) is 0 Å². The first kappa shape index (κ1) is 18.5. The molecule has 5 nitrogen and oxygen atoms in total. The Labute approximate surface area is 161 Å². The maximum Gasteiger partial charge on any atom is 0.255 e. The smallest absolute Gasteiger partial charge is 0.255 e. The first-order valence-electron chi connectivity index (χ1n) is 10.3. The van der Waals surface area contributed by atoms with Gasteiger partial charge >= 0.3 is 0 Å². The molecule has 27 heavy (non-hydrogen) atoms. The standard InChI is InChI=1S/C22H30N2O3/c1-15(2)19(24-13-16-7-3-4-9-18(16)20(24)25)21(26)23-12-11-22(27)10-6-5-8-17(22)14-23/h3-4,7,9,15,17,19,27H,5-6,8,10-14H2,1-2H3/t17?,19-,22?/m0/s1. The van der Waals surface area contributed by atoms with Gasteiger partial charge in [-0.2, -0.15) is 0 Å². The molecule has 1 aromatic rings. The number of aliphatic hydroxyl groups is 1. The van der Waals surface area contributed by atoms with Crippen molar-refractivity contribution in [3.8, 4) is 0 Å². The highest BCUT2D eigenvalue weighted by Gasteiger charge is 2.46. The van der Waals surface area contributed by atoms with Gasteiger partial charge in [0.1, 0.15) is 6.04 Å². The summed E-state index contributed by atoms with van der Waals surface area (Å²) in [4.78, 5) is 30.0. The number of carbonyl (C=O) groups is 2. The zero-order valence-corrected chi connectivity index (χ0v) is 16.4. The minimum absolute atomic E-state index is 0.0381. The van der Waals surface area contributed by atoms with E-state index in [1.807, 2.05) is 43.0 Å². The Morgan fingerprint density at radius 1 is 1.22 bits per heavy atom. The number of carbonyl (C=O) groups excluding carboxylic acids is 2. The third-order valence-electron chi connectivity index (χ3n) is 6.81. The molecule has 1 N–H and O–H groups in total. The van der Waals surface area contributed by atoms with Crippen LogP contribution in [0.15, 0.2) is 24.3 Å². The molecule has 0 aromatic heterocycles. The second-order valence-electron chi connectivity index (χ2n) is 8.86. The molecule has 5 heteroatoms. The largest absolute Gasteiger partial charge is 0.389 e. The van der Waals surface area contributed by atoms with Gasteiger partial charge in [0, 0.05) is 31.1 Å². The first-order valence-corrected chi connectivity index (χ1v) is 10.3. The molecule has 2 heterocycles. The minimum atomic E-state index is -0.595. The summed E-state index contributed by atoms with van der Waals surface area (Å²) >= 11 is 0. The van der Waals surface area contributed by atoms with E-state index in [-0.39, 0.29) is 23.7 Å². The van der Waals surface area contributed by atoms with Gasteiger partial charge in [0.2, 0.25) is 5.91 Å². The zero-order valence-electron chi connectivity index (χ0n) is 16.4. The van der Waals surface area contributed by atoms with Crippen molar-refractivity contribution in [2.45, 2.75) is 64.1 Å². The van der Waals surface area contributed by atoms with Crippen molar-refractivity contribution in [3.05, 3.63) is 35.4 Å². The van der Waals surface area contributed by atoms with E-state index in [0.717, 1.165) is 36.8 Å². The molecule has 0 spiro atoms. The number of hydrogen-bond donors (Lipinski definition) is 1. The van der Waals surface area contributed by atoms with Crippen molar-refractivity contribution >= 4 is 11.8 Å². The number of piperidine rings is 1. The summed E-state index contributed by atoms with van der Waals surface area (Å²) in [7, 11) is 0. The number of hydrogen-bond acceptors (Lipinski definition) is 3. The minimum Gasteiger partial charge on any atom is -0.389 e. The van der Waals surface area contributed by atoms with Crippen LogP contribution >= 0.6 is 0 Å². The molecule has 2 amide bonds. The topological polar surface area (TPSA) is 60.9 Å². The number of nitrogens with zero attached hydrogens (tertiary/aromatic N) is 2. The van der Waals surface area contributed by atoms with Gasteiger partial charge in [0.15, 0.2) is 0 Å². The van der Waals surface area contributed by atoms with Crippen molar-refractivity contribution in [2.75, 3.05) is 13.1 Å². The molecule has 3 atom stereocenters. The molecular formula is C22H30N2O3. The number of amides is 2. The summed E-state index contributed by atoms with van der Waals surface area (Å²) in [6, 6.07) is 7.19. The van der Waals surface area contributed by atoms with Gasteiger partial charge in [-0.1, -0.05) is 44.9 Å². The lowest BCUT2D eigenvalue weighted by molar-refractivity contribution is -0.149. The van der Waals surface area contributed by atoms with Gasteiger partial charge in [-0.25, -0.2) is 0 Å². The molecule has 1 aromatic carbocycles. The van der Waals surface area contributed by atoms with Crippen molar-refractivity contribution in [1.82, 2.24) is 9.80 Å². The lowest BCUT2D eigenvalue weighted by atomic mass is 9.71. The molecule has 1 saturated carbocycles. The molecular weight excluding hydrogens is 340 g/mol. The van der Waals surface area contributed by atoms with Crippen molar-refractivity contribution in [1.29, 1.82) is 0 Å². The molecule has 1 aliphatic carbocycles. The highest BCUT2D eigenvalue weighted by Crippen LogP contribution is 2.40. The Balaban J connectivity index is 1.53. The van der Waals surface area contributed by atoms with Crippen LogP contribution < -0.4 is 0 Å². The van der Waals surface area contributed by atoms with Crippen LogP contribution in [0, 0.1) is 11.8 Å². The SMILES string of the molecule is CC(C)[C@@H](C(=O)N1CCC2(O)CCCCC2C1)N1Cc2ccccc2C1=O. The van der Waals surface area contributed by atoms with Crippen molar-refractivity contribution < 1.29 is 14.7 Å². The van der Waals surface area contributed by atoms with E-state index in [2.05, 4.69) is 0 Å². The van der Waals surface area contributed by atoms with E-state index in [9.17, 15) is 14.7 Å². The van der Waals surface area contributed by atoms with E-state index >= 15 is 0 Å². The van der Waals surface area contributed by atoms with E-state index in [4.69, 9.17) is 0 Å². The average molecular weight is 370 g/mol. The van der Waals surface area contributed by atoms with E-state index in [1.165, 1.54) is 0 Å². The number of benzene rings is 1. The maximum atomic E-state index is 13.5. The van der Waals surface area contributed by atoms with Crippen LogP contribution in [-0.2, 0) is 11.3 Å². The maximum absolute atomic E-state index is 13.5. The predicted molar refractivity (Wildman–Crippen MR) is 103 cm³/mol. The fraction of sp³-hybridized carbons (Fsp3) is 0.636. The van der Waals surface area contributed by atoms with Gasteiger partial charge in [-0.3, -0.25) is 9.59 Å². The van der Waals surface area contributed by atoms with Gasteiger partial charge < -0.3 is 14.9 Å². The third kappa shape index (κ3) is 3.16. The van der Waals surface area contributed by atoms with Crippen LogP contribution in [-0.4, -0.2) is 51.5 Å². The normalized spacial score (nSPS) is 28.9. The molecule has 4 rings (SSSR count). The molecule has 2 unspecified atom stereocenters. The molecule has 3 aliphatic rings. The second kappa shape index (κ2) is 6.93. The summed E-state index contributed by atoms with van der Waals surface area (Å²) in [5, 5.41) is 10.9. The number of likely N-dealkylation sites (tertiary alicyclic amines) is 1. The highest BCUT2D eigenvalue weighted by atomic mass is 16.3. The van der Waals surface area contributed by atoms with Gasteiger partial charge in [-0.05, 0) is 36.8 Å². The number of fused-ring (bicyclic) bond motifs is 2. The summed E-state index contributed by atoms with van der Waals surface area (Å²) in [5.41, 5.74) is 1.12. The summed E-state index contributed by atoms with van der Waals surface area (Å²) < 4.78 is 0. The van der Waals surface area contributed by atoms with Crippen LogP contribution in [0.1, 0.15) is 61.9 Å². The molecule has 146 valence electrons. The predicted octanol–water partition coefficient (Wildman–Crippen LogP) is 2.82. The van der Waals surface area contributed by atoms with Gasteiger partial charge in [0.05, 0.1) is 5.60 Å². The van der Waals surface area contributed by atoms with Crippen LogP contribution in [0.4, 0.5) is 0 Å². The Bertz CT molecular complexity index is 747. The van der Waals surface area contributed by atoms with E-state index < -0.39 is 11.6 Å². The van der Waals surface area contributed by atoms with Gasteiger partial charge in [0.25, 0.3) is 5.91 Å². The summed E-state index contributed by atoms with van der Waals surface area (Å²) in [6.45, 7) is 5.74. The molecule has 2 fully saturated rings. The van der Waals surface area contributed by atoms with Crippen LogP contribution in [0.2, 0.25) is 0 Å². The fourth-order valence-corrected chi connectivity index (χ4v) is 5.24. The molecule has 0 bridgehead atoms. The lowest BCUT2D eigenvalue weighted by Gasteiger charge is -2.48. The quantitative estimate of drug-likeness (QED) is 0.890. The Kier molecular flexibility index (Phi) is 4.75. The number of rotatable bonds is 3.